The summed E-state index contributed by atoms with van der Waals surface area (Å²) in [6, 6.07) is 29.9. The molecule has 0 N–H and O–H groups in total. The van der Waals surface area contributed by atoms with Gasteiger partial charge >= 0.3 is 156 Å². The Labute approximate surface area is 155 Å². The SMILES string of the molecule is N#CSP(SC#N)(c1ccccc1)(c1ccccc1)c1ccccc1. The molecule has 0 aromatic heterocycles. The predicted octanol–water partition coefficient (Wildman–Crippen LogP) is 4.77. The van der Waals surface area contributed by atoms with Crippen molar-refractivity contribution < 1.29 is 0 Å². The van der Waals surface area contributed by atoms with Gasteiger partial charge in [0.2, 0.25) is 0 Å². The average Bonchev–Trinajstić information content (AvgIpc) is 2.70. The van der Waals surface area contributed by atoms with Gasteiger partial charge in [-0.3, -0.25) is 0 Å². The zero-order valence-electron chi connectivity index (χ0n) is 13.3. The Morgan fingerprint density at radius 1 is 0.520 bits per heavy atom. The van der Waals surface area contributed by atoms with E-state index in [1.165, 1.54) is 22.8 Å². The fourth-order valence-corrected chi connectivity index (χ4v) is 13.1. The van der Waals surface area contributed by atoms with Crippen LogP contribution in [0.3, 0.4) is 0 Å². The summed E-state index contributed by atoms with van der Waals surface area (Å²) in [5, 5.41) is 23.9. The first-order chi connectivity index (χ1) is 12.3. The molecule has 0 aliphatic heterocycles. The quantitative estimate of drug-likeness (QED) is 0.474. The first-order valence-corrected chi connectivity index (χ1v) is 12.7. The first-order valence-electron chi connectivity index (χ1n) is 7.62. The van der Waals surface area contributed by atoms with Crippen molar-refractivity contribution in [3.05, 3.63) is 91.0 Å². The summed E-state index contributed by atoms with van der Waals surface area (Å²) in [7, 11) is 0. The maximum absolute atomic E-state index is 9.80. The van der Waals surface area contributed by atoms with Crippen LogP contribution in [-0.4, -0.2) is 0 Å². The van der Waals surface area contributed by atoms with E-state index in [-0.39, 0.29) is 0 Å². The minimum absolute atomic E-state index is 1.02. The first kappa shape index (κ1) is 17.6. The number of nitriles is 2. The average molecular weight is 378 g/mol. The Bertz CT molecular complexity index is 813. The van der Waals surface area contributed by atoms with Crippen molar-refractivity contribution >= 4 is 43.7 Å². The van der Waals surface area contributed by atoms with Gasteiger partial charge in [0.1, 0.15) is 0 Å². The molecule has 0 fully saturated rings. The third-order valence-corrected chi connectivity index (χ3v) is 16.4. The second-order valence-electron chi connectivity index (χ2n) is 5.33. The molecule has 3 rings (SSSR count). The third kappa shape index (κ3) is 2.74. The molecule has 0 unspecified atom stereocenters. The van der Waals surface area contributed by atoms with Crippen LogP contribution in [0, 0.1) is 21.3 Å². The van der Waals surface area contributed by atoms with Crippen molar-refractivity contribution in [1.29, 1.82) is 10.5 Å². The Kier molecular flexibility index (Phi) is 5.16. The number of rotatable bonds is 5. The maximum atomic E-state index is 9.80. The van der Waals surface area contributed by atoms with Crippen LogP contribution >= 0.6 is 27.8 Å². The summed E-state index contributed by atoms with van der Waals surface area (Å²) in [6.07, 6.45) is 0. The van der Waals surface area contributed by atoms with Gasteiger partial charge in [-0.15, -0.1) is 0 Å². The van der Waals surface area contributed by atoms with Gasteiger partial charge in [-0.1, -0.05) is 0 Å². The van der Waals surface area contributed by atoms with E-state index < -0.39 is 5.01 Å². The number of thiocyanates is 2. The van der Waals surface area contributed by atoms with Crippen LogP contribution < -0.4 is 15.9 Å². The second kappa shape index (κ2) is 7.34. The molecule has 3 aromatic rings. The number of nitrogens with zero attached hydrogens (tertiary/aromatic N) is 2. The molecule has 5 heteroatoms. The molecule has 0 saturated carbocycles. The summed E-state index contributed by atoms with van der Waals surface area (Å²) < 4.78 is 0. The Balaban J connectivity index is 2.53. The number of benzene rings is 3. The van der Waals surface area contributed by atoms with Crippen LogP contribution in [-0.2, 0) is 0 Å². The van der Waals surface area contributed by atoms with Gasteiger partial charge in [-0.05, 0) is 0 Å². The van der Waals surface area contributed by atoms with Gasteiger partial charge in [0.15, 0.2) is 0 Å². The van der Waals surface area contributed by atoms with Gasteiger partial charge < -0.3 is 0 Å². The molecule has 122 valence electrons. The molecule has 0 spiro atoms. The zero-order chi connectivity index (χ0) is 17.6. The Morgan fingerprint density at radius 3 is 1.04 bits per heavy atom. The molecule has 3 aromatic carbocycles. The van der Waals surface area contributed by atoms with Crippen molar-refractivity contribution in [1.82, 2.24) is 0 Å². The van der Waals surface area contributed by atoms with E-state index in [4.69, 9.17) is 0 Å². The van der Waals surface area contributed by atoms with E-state index in [9.17, 15) is 10.5 Å². The van der Waals surface area contributed by atoms with Crippen molar-refractivity contribution in [3.63, 3.8) is 0 Å². The van der Waals surface area contributed by atoms with Crippen molar-refractivity contribution in [2.45, 2.75) is 0 Å². The standard InChI is InChI=1S/C20H15N2PS2/c21-16-24-23(25-17-22,18-10-4-1-5-11-18,19-12-6-2-7-13-19)20-14-8-3-9-15-20/h1-15H. The fraction of sp³-hybridized carbons (Fsp3) is 0. The van der Waals surface area contributed by atoms with Gasteiger partial charge in [-0.25, -0.2) is 0 Å². The second-order valence-corrected chi connectivity index (χ2v) is 15.7. The minimum atomic E-state index is -3.37. The predicted molar refractivity (Wildman–Crippen MR) is 112 cm³/mol. The van der Waals surface area contributed by atoms with E-state index in [0.717, 1.165) is 15.9 Å². The van der Waals surface area contributed by atoms with E-state index in [2.05, 4.69) is 10.8 Å². The molecule has 0 aliphatic rings. The van der Waals surface area contributed by atoms with Crippen LogP contribution in [0.25, 0.3) is 0 Å². The van der Waals surface area contributed by atoms with Gasteiger partial charge in [0.05, 0.1) is 0 Å². The zero-order valence-corrected chi connectivity index (χ0v) is 15.8. The van der Waals surface area contributed by atoms with Crippen LogP contribution in [0.5, 0.6) is 0 Å². The van der Waals surface area contributed by atoms with Crippen LogP contribution in [0.4, 0.5) is 0 Å². The van der Waals surface area contributed by atoms with E-state index >= 15 is 0 Å². The monoisotopic (exact) mass is 378 g/mol. The van der Waals surface area contributed by atoms with E-state index in [0.29, 0.717) is 0 Å². The van der Waals surface area contributed by atoms with E-state index in [1.54, 1.807) is 0 Å². The van der Waals surface area contributed by atoms with Gasteiger partial charge in [-0.2, -0.15) is 0 Å². The van der Waals surface area contributed by atoms with Crippen molar-refractivity contribution in [2.24, 2.45) is 0 Å². The Morgan fingerprint density at radius 2 is 0.800 bits per heavy atom. The molecular formula is C20H15N2PS2. The van der Waals surface area contributed by atoms with Crippen LogP contribution in [0.1, 0.15) is 0 Å². The van der Waals surface area contributed by atoms with Crippen LogP contribution in [0.15, 0.2) is 91.0 Å². The topological polar surface area (TPSA) is 47.6 Å². The summed E-state index contributed by atoms with van der Waals surface area (Å²) in [5.41, 5.74) is 0. The fourth-order valence-electron chi connectivity index (χ4n) is 3.03. The van der Waals surface area contributed by atoms with Gasteiger partial charge in [0, 0.05) is 0 Å². The molecule has 0 radical (unpaired) electrons. The third-order valence-electron chi connectivity index (χ3n) is 4.11. The van der Waals surface area contributed by atoms with Crippen molar-refractivity contribution in [2.75, 3.05) is 0 Å². The summed E-state index contributed by atoms with van der Waals surface area (Å²) in [4.78, 5) is 0. The molecule has 0 atom stereocenters. The summed E-state index contributed by atoms with van der Waals surface area (Å²) in [5.74, 6) is 0. The molecule has 25 heavy (non-hydrogen) atoms. The van der Waals surface area contributed by atoms with Crippen LogP contribution in [0.2, 0.25) is 0 Å². The molecule has 0 saturated heterocycles. The normalized spacial score (nSPS) is 12.3. The molecule has 0 aliphatic carbocycles. The molecular weight excluding hydrogens is 363 g/mol. The molecule has 0 bridgehead atoms. The molecule has 0 amide bonds. The molecule has 0 heterocycles. The Hall–Kier alpha value is -2.23. The number of hydrogen-bond donors (Lipinski definition) is 0. The summed E-state index contributed by atoms with van der Waals surface area (Å²) >= 11 is 2.46. The summed E-state index contributed by atoms with van der Waals surface area (Å²) in [6.45, 7) is 0. The molecule has 2 nitrogen and oxygen atoms in total. The van der Waals surface area contributed by atoms with E-state index in [1.807, 2.05) is 91.0 Å². The number of hydrogen-bond acceptors (Lipinski definition) is 4. The van der Waals surface area contributed by atoms with Crippen molar-refractivity contribution in [3.8, 4) is 10.8 Å². The van der Waals surface area contributed by atoms with Gasteiger partial charge in [0.25, 0.3) is 0 Å².